The van der Waals surface area contributed by atoms with E-state index in [0.717, 1.165) is 23.1 Å². The molecule has 0 aliphatic rings. The zero-order valence-electron chi connectivity index (χ0n) is 26.0. The molecule has 45 heavy (non-hydrogen) atoms. The van der Waals surface area contributed by atoms with Crippen molar-refractivity contribution in [3.05, 3.63) is 106 Å². The zero-order valence-corrected chi connectivity index (χ0v) is 28.2. The van der Waals surface area contributed by atoms with Gasteiger partial charge in [-0.3, -0.25) is 4.79 Å². The van der Waals surface area contributed by atoms with Crippen molar-refractivity contribution in [2.24, 2.45) is 5.73 Å². The minimum atomic E-state index is -1.33. The maximum absolute atomic E-state index is 13.3. The first-order valence-electron chi connectivity index (χ1n) is 14.8. The number of carbonyl (C=O) groups is 2. The highest BCUT2D eigenvalue weighted by atomic mass is 35.5. The number of amides is 1. The number of aryl methyl sites for hydroxylation is 1. The lowest BCUT2D eigenvalue weighted by Gasteiger charge is -2.36. The van der Waals surface area contributed by atoms with Crippen LogP contribution in [-0.4, -0.2) is 77.8 Å². The van der Waals surface area contributed by atoms with Gasteiger partial charge < -0.3 is 34.7 Å². The summed E-state index contributed by atoms with van der Waals surface area (Å²) in [6, 6.07) is 24.5. The molecule has 0 spiro atoms. The smallest absolute Gasteiger partial charge is 0.333 e. The molecule has 0 aliphatic carbocycles. The molecule has 0 saturated carbocycles. The SMILES string of the molecule is Cc1ccc(C(OC(=O)COCC(=O)NCCCOCCOCCOCCCN)(c2ccccc2)c2ccccc2Cl)cc1.P. The van der Waals surface area contributed by atoms with Crippen molar-refractivity contribution in [2.45, 2.75) is 25.4 Å². The number of carbonyl (C=O) groups excluding carboxylic acids is 2. The lowest BCUT2D eigenvalue weighted by molar-refractivity contribution is -0.159. The van der Waals surface area contributed by atoms with Crippen LogP contribution in [0.15, 0.2) is 78.9 Å². The van der Waals surface area contributed by atoms with Gasteiger partial charge in [0, 0.05) is 41.5 Å². The largest absolute Gasteiger partial charge is 0.442 e. The number of esters is 1. The van der Waals surface area contributed by atoms with E-state index >= 15 is 0 Å². The fourth-order valence-corrected chi connectivity index (χ4v) is 4.73. The molecule has 246 valence electrons. The van der Waals surface area contributed by atoms with E-state index in [1.54, 1.807) is 6.07 Å². The lowest BCUT2D eigenvalue weighted by atomic mass is 9.79. The summed E-state index contributed by atoms with van der Waals surface area (Å²) in [5, 5.41) is 3.21. The monoisotopic (exact) mass is 660 g/mol. The third-order valence-corrected chi connectivity index (χ3v) is 6.97. The van der Waals surface area contributed by atoms with E-state index in [-0.39, 0.29) is 22.4 Å². The van der Waals surface area contributed by atoms with Gasteiger partial charge in [0.05, 0.1) is 26.4 Å². The summed E-state index contributed by atoms with van der Waals surface area (Å²) in [5.74, 6) is -0.977. The number of halogens is 1. The second-order valence-corrected chi connectivity index (χ2v) is 10.5. The van der Waals surface area contributed by atoms with E-state index in [0.29, 0.717) is 69.7 Å². The third-order valence-electron chi connectivity index (χ3n) is 6.64. The summed E-state index contributed by atoms with van der Waals surface area (Å²) in [4.78, 5) is 25.5. The number of hydrogen-bond donors (Lipinski definition) is 2. The van der Waals surface area contributed by atoms with Crippen LogP contribution >= 0.6 is 21.5 Å². The summed E-state index contributed by atoms with van der Waals surface area (Å²) in [7, 11) is 0. The van der Waals surface area contributed by atoms with E-state index in [9.17, 15) is 9.59 Å². The van der Waals surface area contributed by atoms with Crippen LogP contribution in [0.5, 0.6) is 0 Å². The van der Waals surface area contributed by atoms with Gasteiger partial charge in [0.1, 0.15) is 13.2 Å². The molecule has 0 saturated heterocycles. The first kappa shape index (κ1) is 38.3. The van der Waals surface area contributed by atoms with Gasteiger partial charge in [-0.15, -0.1) is 0 Å². The van der Waals surface area contributed by atoms with Crippen LogP contribution in [0.3, 0.4) is 0 Å². The molecule has 3 rings (SSSR count). The molecule has 9 nitrogen and oxygen atoms in total. The van der Waals surface area contributed by atoms with Crippen molar-refractivity contribution in [3.63, 3.8) is 0 Å². The van der Waals surface area contributed by atoms with Gasteiger partial charge in [-0.2, -0.15) is 9.90 Å². The molecule has 3 aromatic carbocycles. The molecule has 0 heterocycles. The second-order valence-electron chi connectivity index (χ2n) is 10.0. The van der Waals surface area contributed by atoms with Crippen molar-refractivity contribution in [1.82, 2.24) is 5.32 Å². The summed E-state index contributed by atoms with van der Waals surface area (Å²) in [5.41, 5.74) is 7.21. The fourth-order valence-electron chi connectivity index (χ4n) is 4.47. The molecule has 3 aromatic rings. The maximum Gasteiger partial charge on any atom is 0.333 e. The first-order chi connectivity index (χ1) is 21.5. The number of nitrogens with one attached hydrogen (secondary N) is 1. The van der Waals surface area contributed by atoms with Crippen LogP contribution in [0, 0.1) is 6.92 Å². The number of nitrogens with two attached hydrogens (primary N) is 1. The van der Waals surface area contributed by atoms with Gasteiger partial charge in [0.15, 0.2) is 5.60 Å². The Hall–Kier alpha value is -2.88. The van der Waals surface area contributed by atoms with E-state index in [1.807, 2.05) is 79.7 Å². The molecule has 2 atom stereocenters. The topological polar surface area (TPSA) is 118 Å². The first-order valence-corrected chi connectivity index (χ1v) is 15.2. The normalized spacial score (nSPS) is 12.2. The van der Waals surface area contributed by atoms with E-state index in [1.165, 1.54) is 0 Å². The predicted molar refractivity (Wildman–Crippen MR) is 181 cm³/mol. The van der Waals surface area contributed by atoms with Crippen LogP contribution in [-0.2, 0) is 38.9 Å². The van der Waals surface area contributed by atoms with E-state index in [4.69, 9.17) is 41.0 Å². The van der Waals surface area contributed by atoms with Crippen molar-refractivity contribution in [2.75, 3.05) is 65.9 Å². The second kappa shape index (κ2) is 21.8. The van der Waals surface area contributed by atoms with Crippen molar-refractivity contribution >= 4 is 33.4 Å². The summed E-state index contributed by atoms with van der Waals surface area (Å²) in [6.45, 7) is 5.42. The molecular formula is C34H46ClN2O7P. The number of benzene rings is 3. The molecule has 0 bridgehead atoms. The zero-order chi connectivity index (χ0) is 31.5. The van der Waals surface area contributed by atoms with Crippen LogP contribution < -0.4 is 11.1 Å². The molecule has 11 heteroatoms. The maximum atomic E-state index is 13.3. The van der Waals surface area contributed by atoms with Crippen LogP contribution in [0.4, 0.5) is 0 Å². The standard InChI is InChI=1S/C34H43ClN2O7.H3P/c1-27-13-15-29(16-14-27)34(28-9-3-2-4-10-28,30-11-5-6-12-31(30)35)44-33(39)26-43-25-32(38)37-18-8-20-41-22-24-42-23-21-40-19-7-17-36;/h2-6,9-16H,7-8,17-26,36H2,1H3,(H,37,38);1H3. The highest BCUT2D eigenvalue weighted by molar-refractivity contribution is 6.92. The van der Waals surface area contributed by atoms with Gasteiger partial charge in [0.25, 0.3) is 0 Å². The summed E-state index contributed by atoms with van der Waals surface area (Å²) in [6.07, 6.45) is 1.47. The van der Waals surface area contributed by atoms with Gasteiger partial charge in [-0.1, -0.05) is 90.0 Å². The average molecular weight is 661 g/mol. The molecule has 3 N–H and O–H groups in total. The Morgan fingerprint density at radius 2 is 1.31 bits per heavy atom. The van der Waals surface area contributed by atoms with Crippen molar-refractivity contribution in [1.29, 1.82) is 0 Å². The number of hydrogen-bond acceptors (Lipinski definition) is 8. The van der Waals surface area contributed by atoms with Crippen molar-refractivity contribution < 1.29 is 33.3 Å². The van der Waals surface area contributed by atoms with Gasteiger partial charge >= 0.3 is 5.97 Å². The average Bonchev–Trinajstić information content (AvgIpc) is 3.03. The Morgan fingerprint density at radius 1 is 0.733 bits per heavy atom. The number of ether oxygens (including phenoxy) is 5. The summed E-state index contributed by atoms with van der Waals surface area (Å²) >= 11 is 6.70. The lowest BCUT2D eigenvalue weighted by Crippen LogP contribution is -2.37. The van der Waals surface area contributed by atoms with Crippen LogP contribution in [0.1, 0.15) is 35.1 Å². The molecular weight excluding hydrogens is 615 g/mol. The summed E-state index contributed by atoms with van der Waals surface area (Å²) < 4.78 is 28.0. The molecule has 0 fully saturated rings. The molecule has 1 amide bonds. The Morgan fingerprint density at radius 3 is 1.96 bits per heavy atom. The van der Waals surface area contributed by atoms with E-state index < -0.39 is 18.2 Å². The highest BCUT2D eigenvalue weighted by Crippen LogP contribution is 2.43. The van der Waals surface area contributed by atoms with Gasteiger partial charge in [-0.25, -0.2) is 4.79 Å². The molecule has 0 radical (unpaired) electrons. The minimum Gasteiger partial charge on any atom is -0.442 e. The molecule has 2 unspecified atom stereocenters. The molecule has 0 aromatic heterocycles. The third kappa shape index (κ3) is 12.8. The Labute approximate surface area is 274 Å². The quantitative estimate of drug-likeness (QED) is 0.0744. The van der Waals surface area contributed by atoms with Crippen molar-refractivity contribution in [3.8, 4) is 0 Å². The Balaban J connectivity index is 0.00000705. The van der Waals surface area contributed by atoms with Crippen LogP contribution in [0.2, 0.25) is 5.02 Å². The van der Waals surface area contributed by atoms with Gasteiger partial charge in [-0.05, 0) is 32.4 Å². The highest BCUT2D eigenvalue weighted by Gasteiger charge is 2.42. The predicted octanol–water partition coefficient (Wildman–Crippen LogP) is 4.46. The van der Waals surface area contributed by atoms with Gasteiger partial charge in [0.2, 0.25) is 5.91 Å². The Bertz CT molecular complexity index is 1270. The Kier molecular flexibility index (Phi) is 18.5. The van der Waals surface area contributed by atoms with Crippen LogP contribution in [0.25, 0.3) is 0 Å². The fraction of sp³-hybridized carbons (Fsp3) is 0.412. The number of rotatable bonds is 21. The minimum absolute atomic E-state index is 0. The van der Waals surface area contributed by atoms with E-state index in [2.05, 4.69) is 5.32 Å². The molecule has 0 aliphatic heterocycles.